The SMILES string of the molecule is CN1CC(=O)CCN=C1I. The first-order valence-corrected chi connectivity index (χ1v) is 4.21. The summed E-state index contributed by atoms with van der Waals surface area (Å²) in [5.74, 6) is 0.276. The van der Waals surface area contributed by atoms with E-state index >= 15 is 0 Å². The summed E-state index contributed by atoms with van der Waals surface area (Å²) in [6.07, 6.45) is 0.594. The second-order valence-electron chi connectivity index (χ2n) is 2.30. The van der Waals surface area contributed by atoms with Gasteiger partial charge in [-0.15, -0.1) is 0 Å². The minimum atomic E-state index is 0.276. The molecule has 56 valence electrons. The molecule has 0 radical (unpaired) electrons. The van der Waals surface area contributed by atoms with E-state index in [1.54, 1.807) is 0 Å². The van der Waals surface area contributed by atoms with Gasteiger partial charge in [-0.3, -0.25) is 9.79 Å². The Balaban J connectivity index is 2.63. The van der Waals surface area contributed by atoms with E-state index in [-0.39, 0.29) is 5.78 Å². The van der Waals surface area contributed by atoms with Gasteiger partial charge in [0.05, 0.1) is 6.54 Å². The molecule has 3 nitrogen and oxygen atoms in total. The van der Waals surface area contributed by atoms with Gasteiger partial charge in [-0.2, -0.15) is 0 Å². The molecule has 4 heteroatoms. The third-order valence-corrected chi connectivity index (χ3v) is 2.53. The van der Waals surface area contributed by atoms with Gasteiger partial charge in [0.1, 0.15) is 0 Å². The van der Waals surface area contributed by atoms with E-state index in [1.807, 2.05) is 11.9 Å². The molecule has 1 aliphatic heterocycles. The van der Waals surface area contributed by atoms with Crippen molar-refractivity contribution in [1.29, 1.82) is 0 Å². The molecule has 0 bridgehead atoms. The van der Waals surface area contributed by atoms with E-state index in [9.17, 15) is 4.79 Å². The topological polar surface area (TPSA) is 32.7 Å². The van der Waals surface area contributed by atoms with Crippen LogP contribution in [0.3, 0.4) is 0 Å². The number of amidine groups is 1. The van der Waals surface area contributed by atoms with Crippen LogP contribution in [-0.4, -0.2) is 34.7 Å². The maximum Gasteiger partial charge on any atom is 0.162 e. The fourth-order valence-electron chi connectivity index (χ4n) is 0.802. The average Bonchev–Trinajstić information content (AvgIpc) is 1.96. The molecule has 0 saturated heterocycles. The van der Waals surface area contributed by atoms with Crippen LogP contribution in [0.1, 0.15) is 6.42 Å². The molecule has 1 heterocycles. The Bertz CT molecular complexity index is 179. The Labute approximate surface area is 73.6 Å². The van der Waals surface area contributed by atoms with Crippen LogP contribution in [0, 0.1) is 0 Å². The highest BCUT2D eigenvalue weighted by atomic mass is 127. The van der Waals surface area contributed by atoms with Crippen LogP contribution in [0.4, 0.5) is 0 Å². The lowest BCUT2D eigenvalue weighted by Crippen LogP contribution is -2.26. The number of hydrogen-bond donors (Lipinski definition) is 0. The Kier molecular flexibility index (Phi) is 2.64. The van der Waals surface area contributed by atoms with E-state index in [1.165, 1.54) is 0 Å². The summed E-state index contributed by atoms with van der Waals surface area (Å²) in [7, 11) is 1.88. The summed E-state index contributed by atoms with van der Waals surface area (Å²) >= 11 is 2.14. The molecule has 0 unspecified atom stereocenters. The first-order valence-electron chi connectivity index (χ1n) is 3.13. The molecule has 1 rings (SSSR count). The van der Waals surface area contributed by atoms with Crippen LogP contribution in [0.15, 0.2) is 4.99 Å². The van der Waals surface area contributed by atoms with Crippen molar-refractivity contribution < 1.29 is 4.79 Å². The normalized spacial score (nSPS) is 20.4. The number of halogens is 1. The van der Waals surface area contributed by atoms with Crippen molar-refractivity contribution in [3.63, 3.8) is 0 Å². The second-order valence-corrected chi connectivity index (χ2v) is 3.26. The molecular weight excluding hydrogens is 243 g/mol. The standard InChI is InChI=1S/C6H9IN2O/c1-9-4-5(10)2-3-8-6(9)7/h2-4H2,1H3. The first-order chi connectivity index (χ1) is 4.70. The van der Waals surface area contributed by atoms with Crippen molar-refractivity contribution in [3.8, 4) is 0 Å². The molecule has 0 aromatic rings. The molecule has 0 aromatic heterocycles. The zero-order valence-corrected chi connectivity index (χ0v) is 7.96. The third kappa shape index (κ3) is 1.93. The van der Waals surface area contributed by atoms with Crippen LogP contribution in [0.2, 0.25) is 0 Å². The van der Waals surface area contributed by atoms with Gasteiger partial charge in [-0.1, -0.05) is 0 Å². The molecule has 0 spiro atoms. The van der Waals surface area contributed by atoms with Crippen molar-refractivity contribution in [3.05, 3.63) is 0 Å². The Hall–Kier alpha value is -0.130. The maximum atomic E-state index is 10.9. The van der Waals surface area contributed by atoms with Crippen LogP contribution < -0.4 is 0 Å². The molecular formula is C6H9IN2O. The molecule has 0 N–H and O–H groups in total. The molecule has 0 fully saturated rings. The van der Waals surface area contributed by atoms with Crippen LogP contribution in [0.5, 0.6) is 0 Å². The van der Waals surface area contributed by atoms with Gasteiger partial charge in [0, 0.05) is 20.0 Å². The Morgan fingerprint density at radius 1 is 1.70 bits per heavy atom. The average molecular weight is 252 g/mol. The van der Waals surface area contributed by atoms with Crippen LogP contribution in [0.25, 0.3) is 0 Å². The molecule has 1 aliphatic rings. The van der Waals surface area contributed by atoms with E-state index in [2.05, 4.69) is 27.6 Å². The number of rotatable bonds is 0. The van der Waals surface area contributed by atoms with Crippen molar-refractivity contribution >= 4 is 32.2 Å². The van der Waals surface area contributed by atoms with Gasteiger partial charge < -0.3 is 4.90 Å². The zero-order valence-electron chi connectivity index (χ0n) is 5.80. The van der Waals surface area contributed by atoms with Crippen molar-refractivity contribution in [2.24, 2.45) is 4.99 Å². The highest BCUT2D eigenvalue weighted by Crippen LogP contribution is 2.03. The van der Waals surface area contributed by atoms with E-state index in [0.717, 1.165) is 3.84 Å². The highest BCUT2D eigenvalue weighted by molar-refractivity contribution is 14.1. The van der Waals surface area contributed by atoms with E-state index < -0.39 is 0 Å². The molecule has 0 saturated carbocycles. The lowest BCUT2D eigenvalue weighted by Gasteiger charge is -2.12. The number of ketones is 1. The summed E-state index contributed by atoms with van der Waals surface area (Å²) < 4.78 is 0.934. The lowest BCUT2D eigenvalue weighted by atomic mass is 10.3. The summed E-state index contributed by atoms with van der Waals surface area (Å²) in [5, 5.41) is 0. The Morgan fingerprint density at radius 2 is 2.40 bits per heavy atom. The largest absolute Gasteiger partial charge is 0.348 e. The number of likely N-dealkylation sites (N-methyl/N-ethyl adjacent to an activating group) is 1. The minimum absolute atomic E-state index is 0.276. The van der Waals surface area contributed by atoms with Gasteiger partial charge in [-0.05, 0) is 22.6 Å². The number of Topliss-reactive ketones (excluding diaryl/α,β-unsaturated/α-hetero) is 1. The van der Waals surface area contributed by atoms with Gasteiger partial charge in [0.15, 0.2) is 9.63 Å². The van der Waals surface area contributed by atoms with Crippen molar-refractivity contribution in [1.82, 2.24) is 4.90 Å². The number of carbonyl (C=O) groups excluding carboxylic acids is 1. The molecule has 0 aromatic carbocycles. The quantitative estimate of drug-likeness (QED) is 0.469. The number of nitrogens with zero attached hydrogens (tertiary/aromatic N) is 2. The fraction of sp³-hybridized carbons (Fsp3) is 0.667. The summed E-state index contributed by atoms with van der Waals surface area (Å²) in [6.45, 7) is 1.17. The van der Waals surface area contributed by atoms with Crippen LogP contribution >= 0.6 is 22.6 Å². The van der Waals surface area contributed by atoms with Gasteiger partial charge in [0.2, 0.25) is 0 Å². The fourth-order valence-corrected chi connectivity index (χ4v) is 1.21. The van der Waals surface area contributed by atoms with Crippen LogP contribution in [-0.2, 0) is 4.79 Å². The molecule has 10 heavy (non-hydrogen) atoms. The molecule has 0 amide bonds. The minimum Gasteiger partial charge on any atom is -0.348 e. The van der Waals surface area contributed by atoms with E-state index in [0.29, 0.717) is 19.5 Å². The smallest absolute Gasteiger partial charge is 0.162 e. The maximum absolute atomic E-state index is 10.9. The summed E-state index contributed by atoms with van der Waals surface area (Å²) in [4.78, 5) is 17.0. The second kappa shape index (κ2) is 3.32. The van der Waals surface area contributed by atoms with Crippen molar-refractivity contribution in [2.75, 3.05) is 20.1 Å². The highest BCUT2D eigenvalue weighted by Gasteiger charge is 2.11. The monoisotopic (exact) mass is 252 g/mol. The third-order valence-electron chi connectivity index (χ3n) is 1.36. The van der Waals surface area contributed by atoms with E-state index in [4.69, 9.17) is 0 Å². The van der Waals surface area contributed by atoms with Gasteiger partial charge in [-0.25, -0.2) is 0 Å². The summed E-state index contributed by atoms with van der Waals surface area (Å²) in [6, 6.07) is 0. The van der Waals surface area contributed by atoms with Gasteiger partial charge >= 0.3 is 0 Å². The summed E-state index contributed by atoms with van der Waals surface area (Å²) in [5.41, 5.74) is 0. The van der Waals surface area contributed by atoms with Crippen molar-refractivity contribution in [2.45, 2.75) is 6.42 Å². The molecule has 0 aliphatic carbocycles. The first kappa shape index (κ1) is 7.97. The van der Waals surface area contributed by atoms with Gasteiger partial charge in [0.25, 0.3) is 0 Å². The molecule has 0 atom stereocenters. The number of carbonyl (C=O) groups is 1. The Morgan fingerprint density at radius 3 is 3.10 bits per heavy atom. The predicted molar refractivity (Wildman–Crippen MR) is 48.6 cm³/mol. The predicted octanol–water partition coefficient (Wildman–Crippen LogP) is 0.682. The lowest BCUT2D eigenvalue weighted by molar-refractivity contribution is -0.118. The number of aliphatic imine (C=N–C) groups is 1. The zero-order chi connectivity index (χ0) is 7.56. The number of hydrogen-bond acceptors (Lipinski definition) is 3.